The molecule has 0 bridgehead atoms. The molecule has 0 saturated heterocycles. The zero-order valence-electron chi connectivity index (χ0n) is 21.8. The van der Waals surface area contributed by atoms with Crippen LogP contribution in [0.4, 0.5) is 5.69 Å². The highest BCUT2D eigenvalue weighted by molar-refractivity contribution is 5.88. The fourth-order valence-corrected chi connectivity index (χ4v) is 5.28. The molecule has 0 radical (unpaired) electrons. The molecule has 2 heterocycles. The predicted molar refractivity (Wildman–Crippen MR) is 141 cm³/mol. The van der Waals surface area contributed by atoms with Gasteiger partial charge in [-0.1, -0.05) is 36.4 Å². The third-order valence-electron chi connectivity index (χ3n) is 6.86. The number of aromatic nitrogens is 1. The summed E-state index contributed by atoms with van der Waals surface area (Å²) in [6.45, 7) is 2.71. The maximum absolute atomic E-state index is 12.6. The molecule has 10 nitrogen and oxygen atoms in total. The number of esters is 2. The molecular weight excluding hydrogens is 488 g/mol. The molecule has 3 aromatic rings. The molecule has 0 unspecified atom stereocenters. The van der Waals surface area contributed by atoms with Crippen LogP contribution in [-0.4, -0.2) is 55.0 Å². The summed E-state index contributed by atoms with van der Waals surface area (Å²) in [5.41, 5.74) is 4.43. The van der Waals surface area contributed by atoms with Crippen LogP contribution in [0.1, 0.15) is 49.0 Å². The fraction of sp³-hybridized carbons (Fsp3) is 0.357. The summed E-state index contributed by atoms with van der Waals surface area (Å²) in [6.07, 6.45) is 0.473. The molecule has 2 amide bonds. The molecule has 0 spiro atoms. The Morgan fingerprint density at radius 3 is 2.16 bits per heavy atom. The highest BCUT2D eigenvalue weighted by Gasteiger charge is 2.39. The standard InChI is InChI=1S/C28H32N4O6/c1-15(33)29-23(27(35)37-3)13-19-17-9-5-7-11-21(17)31-25(19)26-20(18-10-6-8-12-22(18)32-26)14-24(28(36)38-4)30-16(2)34/h5-12,19,23-25,31-32H,13-14H2,1-4H3,(H,29,33)(H,30,34)/t19-,23-,24-,25+/m0/s1. The molecule has 4 N–H and O–H groups in total. The summed E-state index contributed by atoms with van der Waals surface area (Å²) in [7, 11) is 2.58. The number of carbonyl (C=O) groups is 4. The van der Waals surface area contributed by atoms with Crippen molar-refractivity contribution in [3.05, 3.63) is 65.4 Å². The quantitative estimate of drug-likeness (QED) is 0.318. The van der Waals surface area contributed by atoms with Crippen molar-refractivity contribution >= 4 is 40.3 Å². The van der Waals surface area contributed by atoms with Crippen LogP contribution in [-0.2, 0) is 35.1 Å². The number of H-pyrrole nitrogens is 1. The van der Waals surface area contributed by atoms with Crippen molar-refractivity contribution in [1.29, 1.82) is 0 Å². The van der Waals surface area contributed by atoms with E-state index in [9.17, 15) is 19.2 Å². The number of para-hydroxylation sites is 2. The Balaban J connectivity index is 1.81. The number of hydrogen-bond acceptors (Lipinski definition) is 7. The number of fused-ring (bicyclic) bond motifs is 2. The second-order valence-electron chi connectivity index (χ2n) is 9.37. The highest BCUT2D eigenvalue weighted by atomic mass is 16.5. The van der Waals surface area contributed by atoms with Crippen LogP contribution in [0.25, 0.3) is 10.9 Å². The lowest BCUT2D eigenvalue weighted by molar-refractivity contribution is -0.145. The van der Waals surface area contributed by atoms with Crippen LogP contribution >= 0.6 is 0 Å². The van der Waals surface area contributed by atoms with Gasteiger partial charge in [0.1, 0.15) is 12.1 Å². The molecule has 1 aliphatic heterocycles. The second kappa shape index (κ2) is 11.4. The van der Waals surface area contributed by atoms with Crippen molar-refractivity contribution in [3.8, 4) is 0 Å². The molecule has 4 rings (SSSR count). The van der Waals surface area contributed by atoms with Crippen LogP contribution in [0.3, 0.4) is 0 Å². The first-order valence-corrected chi connectivity index (χ1v) is 12.4. The van der Waals surface area contributed by atoms with E-state index in [1.165, 1.54) is 28.1 Å². The van der Waals surface area contributed by atoms with Crippen LogP contribution in [0, 0.1) is 0 Å². The lowest BCUT2D eigenvalue weighted by atomic mass is 9.85. The van der Waals surface area contributed by atoms with Gasteiger partial charge in [0.2, 0.25) is 11.8 Å². The molecule has 4 atom stereocenters. The van der Waals surface area contributed by atoms with E-state index in [0.29, 0.717) is 0 Å². The second-order valence-corrected chi connectivity index (χ2v) is 9.37. The molecule has 0 aliphatic carbocycles. The SMILES string of the molecule is COC(=O)[C@H](Cc1c([C@@H]2Nc3ccccc3[C@@H]2C[C@H](NC(C)=O)C(=O)OC)[nH]c2ccccc12)NC(C)=O. The van der Waals surface area contributed by atoms with Crippen molar-refractivity contribution in [2.75, 3.05) is 19.5 Å². The van der Waals surface area contributed by atoms with Gasteiger partial charge < -0.3 is 30.4 Å². The van der Waals surface area contributed by atoms with E-state index in [-0.39, 0.29) is 36.6 Å². The number of benzene rings is 2. The van der Waals surface area contributed by atoms with Crippen molar-refractivity contribution < 1.29 is 28.7 Å². The fourth-order valence-electron chi connectivity index (χ4n) is 5.28. The smallest absolute Gasteiger partial charge is 0.328 e. The number of rotatable bonds is 9. The van der Waals surface area contributed by atoms with Gasteiger partial charge in [0, 0.05) is 48.5 Å². The number of carbonyl (C=O) groups excluding carboxylic acids is 4. The number of anilines is 1. The van der Waals surface area contributed by atoms with Gasteiger partial charge in [0.15, 0.2) is 0 Å². The van der Waals surface area contributed by atoms with Gasteiger partial charge in [0.05, 0.1) is 20.3 Å². The first-order chi connectivity index (χ1) is 18.2. The Bertz CT molecular complexity index is 1370. The highest BCUT2D eigenvalue weighted by Crippen LogP contribution is 2.48. The lowest BCUT2D eigenvalue weighted by Crippen LogP contribution is -2.42. The molecule has 38 heavy (non-hydrogen) atoms. The number of ether oxygens (including phenoxy) is 2. The summed E-state index contributed by atoms with van der Waals surface area (Å²) in [5, 5.41) is 9.90. The number of aromatic amines is 1. The first kappa shape index (κ1) is 26.7. The van der Waals surface area contributed by atoms with Gasteiger partial charge in [-0.2, -0.15) is 0 Å². The van der Waals surface area contributed by atoms with Gasteiger partial charge in [-0.05, 0) is 29.7 Å². The normalized spacial score (nSPS) is 17.6. The summed E-state index contributed by atoms with van der Waals surface area (Å²) in [5.74, 6) is -1.99. The average Bonchev–Trinajstić information content (AvgIpc) is 3.44. The summed E-state index contributed by atoms with van der Waals surface area (Å²) >= 11 is 0. The van der Waals surface area contributed by atoms with E-state index >= 15 is 0 Å². The Kier molecular flexibility index (Phi) is 7.99. The molecule has 2 aromatic carbocycles. The van der Waals surface area contributed by atoms with Crippen molar-refractivity contribution in [2.24, 2.45) is 0 Å². The van der Waals surface area contributed by atoms with E-state index in [1.54, 1.807) is 0 Å². The van der Waals surface area contributed by atoms with Crippen LogP contribution in [0.15, 0.2) is 48.5 Å². The van der Waals surface area contributed by atoms with Crippen LogP contribution < -0.4 is 16.0 Å². The maximum atomic E-state index is 12.6. The van der Waals surface area contributed by atoms with E-state index in [0.717, 1.165) is 33.4 Å². The Hall–Kier alpha value is -4.34. The van der Waals surface area contributed by atoms with Crippen LogP contribution in [0.5, 0.6) is 0 Å². The number of amides is 2. The minimum atomic E-state index is -0.889. The molecule has 0 saturated carbocycles. The van der Waals surface area contributed by atoms with Gasteiger partial charge in [-0.25, -0.2) is 9.59 Å². The molecular formula is C28H32N4O6. The summed E-state index contributed by atoms with van der Waals surface area (Å²) < 4.78 is 9.95. The monoisotopic (exact) mass is 520 g/mol. The van der Waals surface area contributed by atoms with Gasteiger partial charge in [-0.3, -0.25) is 9.59 Å². The maximum Gasteiger partial charge on any atom is 0.328 e. The topological polar surface area (TPSA) is 139 Å². The molecule has 1 aliphatic rings. The third kappa shape index (κ3) is 5.49. The predicted octanol–water partition coefficient (Wildman–Crippen LogP) is 2.71. The number of hydrogen-bond donors (Lipinski definition) is 4. The minimum absolute atomic E-state index is 0.193. The summed E-state index contributed by atoms with van der Waals surface area (Å²) in [4.78, 5) is 52.5. The third-order valence-corrected chi connectivity index (χ3v) is 6.86. The largest absolute Gasteiger partial charge is 0.467 e. The van der Waals surface area contributed by atoms with Crippen molar-refractivity contribution in [2.45, 2.75) is 50.7 Å². The summed E-state index contributed by atoms with van der Waals surface area (Å²) in [6, 6.07) is 13.5. The van der Waals surface area contributed by atoms with Crippen molar-refractivity contribution in [3.63, 3.8) is 0 Å². The van der Waals surface area contributed by atoms with Gasteiger partial charge >= 0.3 is 11.9 Å². The molecule has 1 aromatic heterocycles. The van der Waals surface area contributed by atoms with E-state index < -0.39 is 24.0 Å². The molecule has 10 heteroatoms. The van der Waals surface area contributed by atoms with E-state index in [1.807, 2.05) is 48.5 Å². The first-order valence-electron chi connectivity index (χ1n) is 12.4. The zero-order chi connectivity index (χ0) is 27.4. The molecule has 0 fully saturated rings. The average molecular weight is 521 g/mol. The Morgan fingerprint density at radius 1 is 0.868 bits per heavy atom. The van der Waals surface area contributed by atoms with E-state index in [2.05, 4.69) is 20.9 Å². The molecule has 200 valence electrons. The minimum Gasteiger partial charge on any atom is -0.467 e. The lowest BCUT2D eigenvalue weighted by Gasteiger charge is -2.26. The number of nitrogens with one attached hydrogen (secondary N) is 4. The Labute approximate surface area is 220 Å². The van der Waals surface area contributed by atoms with Crippen molar-refractivity contribution in [1.82, 2.24) is 15.6 Å². The van der Waals surface area contributed by atoms with Gasteiger partial charge in [-0.15, -0.1) is 0 Å². The van der Waals surface area contributed by atoms with E-state index in [4.69, 9.17) is 9.47 Å². The number of methoxy groups -OCH3 is 2. The Morgan fingerprint density at radius 2 is 1.47 bits per heavy atom. The van der Waals surface area contributed by atoms with Gasteiger partial charge in [0.25, 0.3) is 0 Å². The van der Waals surface area contributed by atoms with Crippen LogP contribution in [0.2, 0.25) is 0 Å². The zero-order valence-corrected chi connectivity index (χ0v) is 21.8.